The topological polar surface area (TPSA) is 52.5 Å². The van der Waals surface area contributed by atoms with Crippen LogP contribution in [0.1, 0.15) is 11.1 Å². The Balaban J connectivity index is 1.47. The second kappa shape index (κ2) is 12.0. The molecule has 0 bridgehead atoms. The van der Waals surface area contributed by atoms with Crippen molar-refractivity contribution in [3.05, 3.63) is 187 Å². The van der Waals surface area contributed by atoms with E-state index in [4.69, 9.17) is 0 Å². The van der Waals surface area contributed by atoms with Gasteiger partial charge in [-0.15, -0.1) is 0 Å². The highest BCUT2D eigenvalue weighted by molar-refractivity contribution is 7.19. The molecule has 4 heteroatoms. The summed E-state index contributed by atoms with van der Waals surface area (Å²) in [5, 5.41) is 27.8. The maximum atomic E-state index is 10.2. The largest absolute Gasteiger partial charge is 0.309 e. The molecule has 0 unspecified atom stereocenters. The summed E-state index contributed by atoms with van der Waals surface area (Å²) in [7, 11) is -2.80. The molecule has 1 heterocycles. The molecule has 0 radical (unpaired) electrons. The smallest absolute Gasteiger partial charge is 0.179 e. The van der Waals surface area contributed by atoms with E-state index in [2.05, 4.69) is 168 Å². The van der Waals surface area contributed by atoms with Gasteiger partial charge >= 0.3 is 0 Å². The minimum atomic E-state index is -2.80. The second-order valence-corrected chi connectivity index (χ2v) is 15.7. The summed E-state index contributed by atoms with van der Waals surface area (Å²) < 4.78 is 2.24. The fourth-order valence-corrected chi connectivity index (χ4v) is 12.2. The van der Waals surface area contributed by atoms with Crippen molar-refractivity contribution in [1.82, 2.24) is 4.57 Å². The molecule has 0 saturated heterocycles. The highest BCUT2D eigenvalue weighted by atomic mass is 28.3. The van der Waals surface area contributed by atoms with E-state index < -0.39 is 8.07 Å². The van der Waals surface area contributed by atoms with Crippen LogP contribution in [0.25, 0.3) is 38.6 Å². The average molecular weight is 628 g/mol. The van der Waals surface area contributed by atoms with Gasteiger partial charge in [-0.25, -0.2) is 0 Å². The lowest BCUT2D eigenvalue weighted by Gasteiger charge is -2.34. The van der Waals surface area contributed by atoms with Gasteiger partial charge in [0, 0.05) is 16.3 Å². The summed E-state index contributed by atoms with van der Waals surface area (Å²) in [6.45, 7) is 0. The number of hydrogen-bond acceptors (Lipinski definition) is 2. The summed E-state index contributed by atoms with van der Waals surface area (Å²) in [5.74, 6) is 0. The van der Waals surface area contributed by atoms with Crippen molar-refractivity contribution >= 4 is 50.6 Å². The number of nitrogens with zero attached hydrogens (tertiary/aromatic N) is 3. The minimum absolute atomic E-state index is 0.357. The SMILES string of the molecule is N#Cc1cc(-c2cccc([Si](c3ccccc3)(c3ccccc3)c3ccccc3)c2)c(-n2c3ccccc3c3ccccc32)cc1C#N. The Morgan fingerprint density at radius 1 is 0.417 bits per heavy atom. The van der Waals surface area contributed by atoms with Crippen LogP contribution >= 0.6 is 0 Å². The van der Waals surface area contributed by atoms with Crippen molar-refractivity contribution in [1.29, 1.82) is 10.5 Å². The predicted molar refractivity (Wildman–Crippen MR) is 199 cm³/mol. The van der Waals surface area contributed by atoms with E-state index in [1.54, 1.807) is 0 Å². The third-order valence-corrected chi connectivity index (χ3v) is 14.2. The van der Waals surface area contributed by atoms with E-state index >= 15 is 0 Å². The molecule has 8 rings (SSSR count). The zero-order valence-corrected chi connectivity index (χ0v) is 27.1. The summed E-state index contributed by atoms with van der Waals surface area (Å²) in [6, 6.07) is 66.6. The van der Waals surface area contributed by atoms with E-state index in [0.29, 0.717) is 11.1 Å². The Kier molecular flexibility index (Phi) is 7.27. The number of aromatic nitrogens is 1. The van der Waals surface area contributed by atoms with Crippen molar-refractivity contribution in [3.8, 4) is 29.0 Å². The number of hydrogen-bond donors (Lipinski definition) is 0. The number of nitriles is 2. The van der Waals surface area contributed by atoms with E-state index in [0.717, 1.165) is 38.6 Å². The summed E-state index contributed by atoms with van der Waals surface area (Å²) in [6.07, 6.45) is 0. The summed E-state index contributed by atoms with van der Waals surface area (Å²) in [5.41, 5.74) is 5.57. The maximum Gasteiger partial charge on any atom is 0.179 e. The molecule has 0 aliphatic heterocycles. The molecule has 48 heavy (non-hydrogen) atoms. The van der Waals surface area contributed by atoms with Crippen molar-refractivity contribution < 1.29 is 0 Å². The molecule has 0 amide bonds. The van der Waals surface area contributed by atoms with Crippen LogP contribution < -0.4 is 20.7 Å². The van der Waals surface area contributed by atoms with Gasteiger partial charge in [0.25, 0.3) is 0 Å². The molecule has 0 N–H and O–H groups in total. The molecule has 0 spiro atoms. The van der Waals surface area contributed by atoms with Crippen LogP contribution in [0.2, 0.25) is 0 Å². The van der Waals surface area contributed by atoms with Crippen molar-refractivity contribution in [3.63, 3.8) is 0 Å². The summed E-state index contributed by atoms with van der Waals surface area (Å²) in [4.78, 5) is 0. The average Bonchev–Trinajstić information content (AvgIpc) is 3.50. The number of para-hydroxylation sites is 2. The maximum absolute atomic E-state index is 10.2. The zero-order valence-electron chi connectivity index (χ0n) is 26.1. The molecular weight excluding hydrogens is 599 g/mol. The van der Waals surface area contributed by atoms with Crippen LogP contribution in [0.5, 0.6) is 0 Å². The molecule has 0 aliphatic rings. The normalized spacial score (nSPS) is 11.3. The van der Waals surface area contributed by atoms with E-state index in [1.807, 2.05) is 24.3 Å². The molecule has 0 aliphatic carbocycles. The number of benzene rings is 7. The first-order chi connectivity index (χ1) is 23.7. The fraction of sp³-hybridized carbons (Fsp3) is 0. The lowest BCUT2D eigenvalue weighted by Crippen LogP contribution is -2.74. The molecule has 8 aromatic rings. The van der Waals surface area contributed by atoms with Gasteiger partial charge in [-0.05, 0) is 50.6 Å². The van der Waals surface area contributed by atoms with Crippen LogP contribution in [0, 0.1) is 22.7 Å². The molecule has 3 nitrogen and oxygen atoms in total. The Morgan fingerprint density at radius 2 is 0.854 bits per heavy atom. The Bertz CT molecular complexity index is 2370. The molecule has 0 fully saturated rings. The Labute approximate surface area is 280 Å². The second-order valence-electron chi connectivity index (χ2n) is 11.9. The Morgan fingerprint density at radius 3 is 1.35 bits per heavy atom. The number of fused-ring (bicyclic) bond motifs is 3. The third kappa shape index (κ3) is 4.55. The van der Waals surface area contributed by atoms with Crippen molar-refractivity contribution in [2.75, 3.05) is 0 Å². The third-order valence-electron chi connectivity index (χ3n) is 9.42. The summed E-state index contributed by atoms with van der Waals surface area (Å²) >= 11 is 0. The lowest BCUT2D eigenvalue weighted by molar-refractivity contribution is 1.18. The monoisotopic (exact) mass is 627 g/mol. The van der Waals surface area contributed by atoms with Crippen LogP contribution in [0.15, 0.2) is 176 Å². The highest BCUT2D eigenvalue weighted by Crippen LogP contribution is 2.37. The van der Waals surface area contributed by atoms with Crippen molar-refractivity contribution in [2.24, 2.45) is 0 Å². The van der Waals surface area contributed by atoms with E-state index in [-0.39, 0.29) is 0 Å². The van der Waals surface area contributed by atoms with Crippen LogP contribution in [0.4, 0.5) is 0 Å². The van der Waals surface area contributed by atoms with Crippen LogP contribution in [-0.4, -0.2) is 12.6 Å². The van der Waals surface area contributed by atoms with Gasteiger partial charge in [0.2, 0.25) is 0 Å². The molecule has 1 aromatic heterocycles. The first-order valence-electron chi connectivity index (χ1n) is 16.0. The lowest BCUT2D eigenvalue weighted by atomic mass is 9.97. The van der Waals surface area contributed by atoms with Gasteiger partial charge in [0.05, 0.1) is 27.8 Å². The fourth-order valence-electron chi connectivity index (χ4n) is 7.36. The standard InChI is InChI=1S/C44H29N3Si/c45-30-33-28-41(44(29-34(33)31-46)47-42-25-12-10-23-39(42)40-24-11-13-26-43(40)47)32-15-14-22-38(27-32)48(35-16-4-1-5-17-35,36-18-6-2-7-19-36)37-20-8-3-9-21-37/h1-29H. The van der Waals surface area contributed by atoms with Gasteiger partial charge in [-0.1, -0.05) is 152 Å². The quantitative estimate of drug-likeness (QED) is 0.141. The van der Waals surface area contributed by atoms with E-state index in [1.165, 1.54) is 20.7 Å². The molecule has 0 atom stereocenters. The molecule has 7 aromatic carbocycles. The Hall–Kier alpha value is -6.46. The van der Waals surface area contributed by atoms with E-state index in [9.17, 15) is 10.5 Å². The van der Waals surface area contributed by atoms with Gasteiger partial charge in [0.15, 0.2) is 8.07 Å². The first-order valence-corrected chi connectivity index (χ1v) is 18.0. The molecule has 224 valence electrons. The van der Waals surface area contributed by atoms with Gasteiger partial charge in [0.1, 0.15) is 12.1 Å². The first kappa shape index (κ1) is 29.0. The number of rotatable bonds is 6. The van der Waals surface area contributed by atoms with Crippen LogP contribution in [0.3, 0.4) is 0 Å². The van der Waals surface area contributed by atoms with Gasteiger partial charge in [-0.3, -0.25) is 0 Å². The predicted octanol–water partition coefficient (Wildman–Crippen LogP) is 7.57. The molecule has 0 saturated carbocycles. The highest BCUT2D eigenvalue weighted by Gasteiger charge is 2.41. The zero-order chi connectivity index (χ0) is 32.5. The minimum Gasteiger partial charge on any atom is -0.309 e. The molecular formula is C44H29N3Si. The van der Waals surface area contributed by atoms with Gasteiger partial charge < -0.3 is 4.57 Å². The van der Waals surface area contributed by atoms with Gasteiger partial charge in [-0.2, -0.15) is 10.5 Å². The van der Waals surface area contributed by atoms with Crippen LogP contribution in [-0.2, 0) is 0 Å². The van der Waals surface area contributed by atoms with Crippen molar-refractivity contribution in [2.45, 2.75) is 0 Å².